The summed E-state index contributed by atoms with van der Waals surface area (Å²) in [6.07, 6.45) is 7.15. The quantitative estimate of drug-likeness (QED) is 0.751. The van der Waals surface area contributed by atoms with Crippen LogP contribution in [0.15, 0.2) is 35.9 Å². The van der Waals surface area contributed by atoms with E-state index >= 15 is 0 Å². The number of ketones is 1. The predicted molar refractivity (Wildman–Crippen MR) is 66.4 cm³/mol. The fourth-order valence-electron chi connectivity index (χ4n) is 2.10. The van der Waals surface area contributed by atoms with Crippen molar-refractivity contribution in [1.29, 1.82) is 0 Å². The number of hydrogen-bond donors (Lipinski definition) is 0. The molecule has 0 radical (unpaired) electrons. The van der Waals surface area contributed by atoms with Gasteiger partial charge in [-0.15, -0.1) is 0 Å². The van der Waals surface area contributed by atoms with Crippen LogP contribution in [-0.4, -0.2) is 5.78 Å². The van der Waals surface area contributed by atoms with Gasteiger partial charge in [0.1, 0.15) is 0 Å². The molecule has 84 valence electrons. The van der Waals surface area contributed by atoms with Gasteiger partial charge in [-0.3, -0.25) is 4.79 Å². The maximum atomic E-state index is 12.0. The van der Waals surface area contributed by atoms with Crippen LogP contribution in [0.3, 0.4) is 0 Å². The van der Waals surface area contributed by atoms with Gasteiger partial charge in [0.25, 0.3) is 0 Å². The predicted octanol–water partition coefficient (Wildman–Crippen LogP) is 3.61. The van der Waals surface area contributed by atoms with Crippen LogP contribution in [-0.2, 0) is 11.2 Å². The van der Waals surface area contributed by atoms with Gasteiger partial charge in [0.15, 0.2) is 5.78 Å². The summed E-state index contributed by atoms with van der Waals surface area (Å²) in [5, 5.41) is 0. The van der Waals surface area contributed by atoms with Crippen LogP contribution in [0.1, 0.15) is 36.8 Å². The monoisotopic (exact) mass is 214 g/mol. The summed E-state index contributed by atoms with van der Waals surface area (Å²) in [7, 11) is 0. The third kappa shape index (κ3) is 2.82. The van der Waals surface area contributed by atoms with Crippen LogP contribution < -0.4 is 0 Å². The maximum absolute atomic E-state index is 12.0. The minimum atomic E-state index is 0.309. The van der Waals surface area contributed by atoms with Crippen LogP contribution in [0.4, 0.5) is 0 Å². The van der Waals surface area contributed by atoms with Crippen molar-refractivity contribution in [3.05, 3.63) is 47.0 Å². The van der Waals surface area contributed by atoms with Crippen molar-refractivity contribution < 1.29 is 4.79 Å². The van der Waals surface area contributed by atoms with Gasteiger partial charge in [0.05, 0.1) is 0 Å². The standard InChI is InChI=1S/C15H18O/c1-12-7-9-13(10-8-12)11-15(16)14-5-3-2-4-6-14/h5,7-10H,2-4,6,11H2,1H3. The summed E-state index contributed by atoms with van der Waals surface area (Å²) in [6, 6.07) is 8.24. The molecule has 1 aromatic carbocycles. The highest BCUT2D eigenvalue weighted by Gasteiger charge is 2.12. The average molecular weight is 214 g/mol. The summed E-state index contributed by atoms with van der Waals surface area (Å²) in [6.45, 7) is 2.06. The summed E-state index contributed by atoms with van der Waals surface area (Å²) in [4.78, 5) is 12.0. The number of carbonyl (C=O) groups excluding carboxylic acids is 1. The number of hydrogen-bond acceptors (Lipinski definition) is 1. The molecule has 0 spiro atoms. The normalized spacial score (nSPS) is 15.7. The molecule has 0 saturated carbocycles. The van der Waals surface area contributed by atoms with Crippen LogP contribution in [0, 0.1) is 6.92 Å². The molecule has 0 unspecified atom stereocenters. The second kappa shape index (κ2) is 5.11. The van der Waals surface area contributed by atoms with Crippen molar-refractivity contribution in [2.75, 3.05) is 0 Å². The number of benzene rings is 1. The Morgan fingerprint density at radius 3 is 2.56 bits per heavy atom. The molecule has 0 amide bonds. The molecule has 0 fully saturated rings. The first-order chi connectivity index (χ1) is 7.75. The lowest BCUT2D eigenvalue weighted by molar-refractivity contribution is -0.115. The van der Waals surface area contributed by atoms with Gasteiger partial charge in [-0.2, -0.15) is 0 Å². The van der Waals surface area contributed by atoms with Gasteiger partial charge in [-0.05, 0) is 43.7 Å². The van der Waals surface area contributed by atoms with Gasteiger partial charge in [0, 0.05) is 6.42 Å². The summed E-state index contributed by atoms with van der Waals surface area (Å²) >= 11 is 0. The molecule has 1 aliphatic carbocycles. The highest BCUT2D eigenvalue weighted by Crippen LogP contribution is 2.19. The molecule has 1 heteroatoms. The molecule has 1 nitrogen and oxygen atoms in total. The number of rotatable bonds is 3. The van der Waals surface area contributed by atoms with E-state index in [4.69, 9.17) is 0 Å². The van der Waals surface area contributed by atoms with Gasteiger partial charge in [-0.25, -0.2) is 0 Å². The number of carbonyl (C=O) groups is 1. The molecule has 1 aromatic rings. The zero-order chi connectivity index (χ0) is 11.4. The van der Waals surface area contributed by atoms with Gasteiger partial charge in [0.2, 0.25) is 0 Å². The molecular formula is C15H18O. The number of aryl methyl sites for hydroxylation is 1. The summed E-state index contributed by atoms with van der Waals surface area (Å²) in [5.74, 6) is 0.309. The lowest BCUT2D eigenvalue weighted by Crippen LogP contribution is -2.08. The Morgan fingerprint density at radius 1 is 1.19 bits per heavy atom. The van der Waals surface area contributed by atoms with Crippen LogP contribution >= 0.6 is 0 Å². The molecule has 0 heterocycles. The Balaban J connectivity index is 2.01. The smallest absolute Gasteiger partial charge is 0.162 e. The summed E-state index contributed by atoms with van der Waals surface area (Å²) < 4.78 is 0. The molecule has 0 aromatic heterocycles. The van der Waals surface area contributed by atoms with E-state index in [9.17, 15) is 4.79 Å². The molecule has 0 saturated heterocycles. The first kappa shape index (κ1) is 11.1. The maximum Gasteiger partial charge on any atom is 0.162 e. The molecule has 0 N–H and O–H groups in total. The molecular weight excluding hydrogens is 196 g/mol. The van der Waals surface area contributed by atoms with Crippen molar-refractivity contribution in [2.24, 2.45) is 0 Å². The minimum Gasteiger partial charge on any atom is -0.294 e. The largest absolute Gasteiger partial charge is 0.294 e. The fourth-order valence-corrected chi connectivity index (χ4v) is 2.10. The van der Waals surface area contributed by atoms with Crippen molar-refractivity contribution in [2.45, 2.75) is 39.0 Å². The van der Waals surface area contributed by atoms with E-state index in [1.807, 2.05) is 0 Å². The van der Waals surface area contributed by atoms with Crippen LogP contribution in [0.25, 0.3) is 0 Å². The van der Waals surface area contributed by atoms with E-state index in [-0.39, 0.29) is 0 Å². The van der Waals surface area contributed by atoms with Crippen molar-refractivity contribution >= 4 is 5.78 Å². The first-order valence-electron chi connectivity index (χ1n) is 6.03. The Kier molecular flexibility index (Phi) is 3.55. The highest BCUT2D eigenvalue weighted by molar-refractivity contribution is 5.96. The SMILES string of the molecule is Cc1ccc(CC(=O)C2=CCCCC2)cc1. The van der Waals surface area contributed by atoms with E-state index in [2.05, 4.69) is 37.3 Å². The summed E-state index contributed by atoms with van der Waals surface area (Å²) in [5.41, 5.74) is 3.42. The molecule has 0 atom stereocenters. The second-order valence-electron chi connectivity index (χ2n) is 4.56. The Morgan fingerprint density at radius 2 is 1.94 bits per heavy atom. The van der Waals surface area contributed by atoms with Gasteiger partial charge >= 0.3 is 0 Å². The molecule has 16 heavy (non-hydrogen) atoms. The van der Waals surface area contributed by atoms with Gasteiger partial charge < -0.3 is 0 Å². The molecule has 2 rings (SSSR count). The zero-order valence-electron chi connectivity index (χ0n) is 9.83. The van der Waals surface area contributed by atoms with Crippen LogP contribution in [0.5, 0.6) is 0 Å². The first-order valence-corrected chi connectivity index (χ1v) is 6.03. The lowest BCUT2D eigenvalue weighted by atomic mass is 9.93. The second-order valence-corrected chi connectivity index (χ2v) is 4.56. The Labute approximate surface area is 97.2 Å². The molecule has 0 aliphatic heterocycles. The van der Waals surface area contributed by atoms with Crippen molar-refractivity contribution in [3.8, 4) is 0 Å². The highest BCUT2D eigenvalue weighted by atomic mass is 16.1. The topological polar surface area (TPSA) is 17.1 Å². The minimum absolute atomic E-state index is 0.309. The Hall–Kier alpha value is -1.37. The van der Waals surface area contributed by atoms with Crippen molar-refractivity contribution in [3.63, 3.8) is 0 Å². The van der Waals surface area contributed by atoms with E-state index in [0.29, 0.717) is 12.2 Å². The van der Waals surface area contributed by atoms with Gasteiger partial charge in [-0.1, -0.05) is 35.9 Å². The van der Waals surface area contributed by atoms with E-state index in [0.717, 1.165) is 24.0 Å². The number of Topliss-reactive ketones (excluding diaryl/α,β-unsaturated/α-hetero) is 1. The molecule has 1 aliphatic rings. The average Bonchev–Trinajstić information content (AvgIpc) is 2.33. The fraction of sp³-hybridized carbons (Fsp3) is 0.400. The van der Waals surface area contributed by atoms with E-state index in [1.165, 1.54) is 18.4 Å². The Bertz CT molecular complexity index is 398. The lowest BCUT2D eigenvalue weighted by Gasteiger charge is -2.11. The number of allylic oxidation sites excluding steroid dienone is 2. The third-order valence-electron chi connectivity index (χ3n) is 3.13. The van der Waals surface area contributed by atoms with E-state index < -0.39 is 0 Å². The van der Waals surface area contributed by atoms with E-state index in [1.54, 1.807) is 0 Å². The third-order valence-corrected chi connectivity index (χ3v) is 3.13. The van der Waals surface area contributed by atoms with Crippen molar-refractivity contribution in [1.82, 2.24) is 0 Å². The zero-order valence-corrected chi connectivity index (χ0v) is 9.83. The molecule has 0 bridgehead atoms. The van der Waals surface area contributed by atoms with Crippen LogP contribution in [0.2, 0.25) is 0 Å².